The summed E-state index contributed by atoms with van der Waals surface area (Å²) in [6, 6.07) is 0. The molecular formula is C22H34O2. The fourth-order valence-corrected chi connectivity index (χ4v) is 8.63. The number of hydrogen-bond donors (Lipinski definition) is 0. The molecule has 2 nitrogen and oxygen atoms in total. The van der Waals surface area contributed by atoms with Gasteiger partial charge in [-0.25, -0.2) is 0 Å². The third kappa shape index (κ3) is 1.92. The van der Waals surface area contributed by atoms with Crippen molar-refractivity contribution in [2.75, 3.05) is 0 Å². The molecule has 0 spiro atoms. The maximum atomic E-state index is 13.1. The van der Waals surface area contributed by atoms with Gasteiger partial charge in [-0.2, -0.15) is 0 Å². The number of carbonyl (C=O) groups excluding carboxylic acids is 1. The van der Waals surface area contributed by atoms with E-state index < -0.39 is 0 Å². The van der Waals surface area contributed by atoms with Crippen LogP contribution in [-0.4, -0.2) is 11.6 Å². The van der Waals surface area contributed by atoms with E-state index in [4.69, 9.17) is 4.74 Å². The van der Waals surface area contributed by atoms with Crippen molar-refractivity contribution in [3.05, 3.63) is 0 Å². The van der Waals surface area contributed by atoms with Crippen molar-refractivity contribution < 1.29 is 9.53 Å². The Kier molecular flexibility index (Phi) is 3.28. The average molecular weight is 331 g/mol. The van der Waals surface area contributed by atoms with Crippen LogP contribution in [0.5, 0.6) is 0 Å². The van der Waals surface area contributed by atoms with E-state index in [1.54, 1.807) is 0 Å². The van der Waals surface area contributed by atoms with Gasteiger partial charge < -0.3 is 4.74 Å². The average Bonchev–Trinajstić information content (AvgIpc) is 3.20. The molecule has 6 fully saturated rings. The normalized spacial score (nSPS) is 57.3. The van der Waals surface area contributed by atoms with Crippen molar-refractivity contribution in [3.8, 4) is 0 Å². The van der Waals surface area contributed by atoms with E-state index in [2.05, 4.69) is 27.7 Å². The molecular weight excluding hydrogens is 296 g/mol. The Labute approximate surface area is 147 Å². The maximum absolute atomic E-state index is 13.1. The van der Waals surface area contributed by atoms with Crippen LogP contribution in [0.2, 0.25) is 0 Å². The fraction of sp³-hybridized carbons (Fsp3) is 0.955. The van der Waals surface area contributed by atoms with Crippen molar-refractivity contribution in [1.82, 2.24) is 0 Å². The standard InChI is InChI=1S/C22H34O2/c1-11(2)20-12(3)17-9-15(20)10-18(17)21(23)24-22(4)16-6-13-5-14(8-16)19(22)7-13/h11-20H,5-10H2,1-4H3. The Morgan fingerprint density at radius 1 is 1.04 bits per heavy atom. The van der Waals surface area contributed by atoms with Gasteiger partial charge in [0.15, 0.2) is 0 Å². The first-order valence-corrected chi connectivity index (χ1v) is 10.6. The van der Waals surface area contributed by atoms with Crippen molar-refractivity contribution in [2.24, 2.45) is 59.2 Å². The van der Waals surface area contributed by atoms with Crippen LogP contribution in [0.3, 0.4) is 0 Å². The number of fused-ring (bicyclic) bond motifs is 2. The lowest BCUT2D eigenvalue weighted by Crippen LogP contribution is -2.47. The van der Waals surface area contributed by atoms with Crippen LogP contribution >= 0.6 is 0 Å². The Balaban J connectivity index is 1.31. The van der Waals surface area contributed by atoms with Gasteiger partial charge >= 0.3 is 5.97 Å². The lowest BCUT2D eigenvalue weighted by atomic mass is 9.70. The van der Waals surface area contributed by atoms with Crippen LogP contribution in [0.4, 0.5) is 0 Å². The summed E-state index contributed by atoms with van der Waals surface area (Å²) in [5, 5.41) is 0. The van der Waals surface area contributed by atoms with E-state index in [1.807, 2.05) is 0 Å². The zero-order chi connectivity index (χ0) is 16.8. The molecule has 10 unspecified atom stereocenters. The first-order valence-electron chi connectivity index (χ1n) is 10.6. The van der Waals surface area contributed by atoms with Crippen molar-refractivity contribution in [3.63, 3.8) is 0 Å². The minimum absolute atomic E-state index is 0.128. The quantitative estimate of drug-likeness (QED) is 0.687. The van der Waals surface area contributed by atoms with Crippen LogP contribution in [0.15, 0.2) is 0 Å². The van der Waals surface area contributed by atoms with E-state index in [1.165, 1.54) is 32.1 Å². The molecule has 6 aliphatic carbocycles. The van der Waals surface area contributed by atoms with E-state index in [9.17, 15) is 4.79 Å². The highest BCUT2D eigenvalue weighted by Gasteiger charge is 2.63. The first kappa shape index (κ1) is 15.7. The van der Waals surface area contributed by atoms with Gasteiger partial charge in [0, 0.05) is 5.92 Å². The van der Waals surface area contributed by atoms with Crippen molar-refractivity contribution in [1.29, 1.82) is 0 Å². The number of ether oxygens (including phenoxy) is 1. The van der Waals surface area contributed by atoms with Crippen LogP contribution in [0.25, 0.3) is 0 Å². The second-order valence-electron chi connectivity index (χ2n) is 10.7. The summed E-state index contributed by atoms with van der Waals surface area (Å²) in [6.45, 7) is 9.41. The molecule has 0 aromatic carbocycles. The molecule has 0 aliphatic heterocycles. The van der Waals surface area contributed by atoms with Crippen LogP contribution in [-0.2, 0) is 9.53 Å². The molecule has 2 heteroatoms. The Morgan fingerprint density at radius 3 is 2.50 bits per heavy atom. The minimum atomic E-state index is -0.128. The molecule has 6 aliphatic rings. The van der Waals surface area contributed by atoms with E-state index in [-0.39, 0.29) is 17.5 Å². The topological polar surface area (TPSA) is 26.3 Å². The molecule has 0 aromatic heterocycles. The molecule has 0 radical (unpaired) electrons. The van der Waals surface area contributed by atoms with Gasteiger partial charge in [0.2, 0.25) is 0 Å². The SMILES string of the molecule is CC(C)C1C2CC(C(=O)OC3(C)C4CC5CC(C4)C3C5)C(C2)C1C. The van der Waals surface area contributed by atoms with Gasteiger partial charge in [0.05, 0.1) is 5.92 Å². The third-order valence-corrected chi connectivity index (χ3v) is 9.41. The second kappa shape index (κ2) is 5.01. The minimum Gasteiger partial charge on any atom is -0.459 e. The van der Waals surface area contributed by atoms with Crippen LogP contribution in [0, 0.1) is 59.2 Å². The first-order chi connectivity index (χ1) is 11.4. The number of hydrogen-bond acceptors (Lipinski definition) is 2. The van der Waals surface area contributed by atoms with E-state index >= 15 is 0 Å². The van der Waals surface area contributed by atoms with Crippen molar-refractivity contribution in [2.45, 2.75) is 71.8 Å². The summed E-state index contributed by atoms with van der Waals surface area (Å²) < 4.78 is 6.40. The van der Waals surface area contributed by atoms with Gasteiger partial charge in [0.25, 0.3) is 0 Å². The van der Waals surface area contributed by atoms with Crippen molar-refractivity contribution >= 4 is 5.97 Å². The maximum Gasteiger partial charge on any atom is 0.309 e. The van der Waals surface area contributed by atoms with Gasteiger partial charge in [-0.15, -0.1) is 0 Å². The summed E-state index contributed by atoms with van der Waals surface area (Å²) >= 11 is 0. The molecule has 6 rings (SSSR count). The summed E-state index contributed by atoms with van der Waals surface area (Å²) in [5.41, 5.74) is -0.128. The molecule has 10 atom stereocenters. The molecule has 0 amide bonds. The monoisotopic (exact) mass is 330 g/mol. The largest absolute Gasteiger partial charge is 0.459 e. The number of esters is 1. The lowest BCUT2D eigenvalue weighted by molar-refractivity contribution is -0.179. The molecule has 0 heterocycles. The highest BCUT2D eigenvalue weighted by Crippen LogP contribution is 2.64. The fourth-order valence-electron chi connectivity index (χ4n) is 8.63. The highest BCUT2D eigenvalue weighted by molar-refractivity contribution is 5.74. The van der Waals surface area contributed by atoms with E-state index in [0.29, 0.717) is 23.7 Å². The zero-order valence-electron chi connectivity index (χ0n) is 15.8. The van der Waals surface area contributed by atoms with Gasteiger partial charge in [-0.1, -0.05) is 20.8 Å². The molecule has 6 bridgehead atoms. The summed E-state index contributed by atoms with van der Waals surface area (Å²) in [4.78, 5) is 13.1. The summed E-state index contributed by atoms with van der Waals surface area (Å²) in [7, 11) is 0. The number of rotatable bonds is 3. The van der Waals surface area contributed by atoms with E-state index in [0.717, 1.165) is 36.0 Å². The summed E-state index contributed by atoms with van der Waals surface area (Å²) in [5.74, 6) is 7.15. The molecule has 134 valence electrons. The molecule has 0 aromatic rings. The van der Waals surface area contributed by atoms with Gasteiger partial charge in [0.1, 0.15) is 5.60 Å². The Bertz CT molecular complexity index is 548. The lowest BCUT2D eigenvalue weighted by Gasteiger charge is -2.43. The predicted molar refractivity (Wildman–Crippen MR) is 94.1 cm³/mol. The predicted octanol–water partition coefficient (Wildman–Crippen LogP) is 4.92. The van der Waals surface area contributed by atoms with Gasteiger partial charge in [-0.3, -0.25) is 4.79 Å². The highest BCUT2D eigenvalue weighted by atomic mass is 16.6. The number of carbonyl (C=O) groups is 1. The third-order valence-electron chi connectivity index (χ3n) is 9.41. The molecule has 0 N–H and O–H groups in total. The smallest absolute Gasteiger partial charge is 0.309 e. The molecule has 6 saturated carbocycles. The van der Waals surface area contributed by atoms with Crippen LogP contribution in [0.1, 0.15) is 66.2 Å². The van der Waals surface area contributed by atoms with Crippen LogP contribution < -0.4 is 0 Å². The zero-order valence-corrected chi connectivity index (χ0v) is 15.8. The second-order valence-corrected chi connectivity index (χ2v) is 10.7. The Hall–Kier alpha value is -0.530. The molecule has 24 heavy (non-hydrogen) atoms. The Morgan fingerprint density at radius 2 is 1.83 bits per heavy atom. The van der Waals surface area contributed by atoms with Gasteiger partial charge in [-0.05, 0) is 92.8 Å². The molecule has 0 saturated heterocycles. The summed E-state index contributed by atoms with van der Waals surface area (Å²) in [6.07, 6.45) is 7.77.